The van der Waals surface area contributed by atoms with Gasteiger partial charge in [0.15, 0.2) is 0 Å². The van der Waals surface area contributed by atoms with E-state index < -0.39 is 16.4 Å². The van der Waals surface area contributed by atoms with Crippen molar-refractivity contribution in [1.29, 1.82) is 0 Å². The first-order chi connectivity index (χ1) is 9.06. The molecule has 0 spiro atoms. The van der Waals surface area contributed by atoms with E-state index in [0.717, 1.165) is 31.4 Å². The van der Waals surface area contributed by atoms with Crippen LogP contribution >= 0.6 is 0 Å². The Bertz CT molecular complexity index is 509. The molecule has 102 valence electrons. The Hall–Kier alpha value is -1.69. The molecule has 2 heterocycles. The zero-order valence-corrected chi connectivity index (χ0v) is 10.5. The Labute approximate surface area is 110 Å². The number of nitro benzene ring substituents is 1. The average molecular weight is 265 g/mol. The number of hydrogen-bond donors (Lipinski definition) is 1. The molecule has 2 N–H and O–H groups in total. The van der Waals surface area contributed by atoms with Crippen LogP contribution in [0.1, 0.15) is 25.7 Å². The van der Waals surface area contributed by atoms with Crippen molar-refractivity contribution >= 4 is 11.4 Å². The molecule has 2 saturated heterocycles. The van der Waals surface area contributed by atoms with E-state index in [4.69, 9.17) is 5.73 Å². The van der Waals surface area contributed by atoms with Gasteiger partial charge in [-0.1, -0.05) is 0 Å². The SMILES string of the molecule is NC1CC2CCC(C1)N2c1ccc(F)c([N+](=O)[O-])c1. The Morgan fingerprint density at radius 1 is 1.32 bits per heavy atom. The van der Waals surface area contributed by atoms with E-state index in [-0.39, 0.29) is 6.04 Å². The molecule has 1 aromatic rings. The topological polar surface area (TPSA) is 72.4 Å². The highest BCUT2D eigenvalue weighted by atomic mass is 19.1. The molecule has 19 heavy (non-hydrogen) atoms. The van der Waals surface area contributed by atoms with E-state index in [1.54, 1.807) is 6.07 Å². The van der Waals surface area contributed by atoms with Crippen LogP contribution in [0.2, 0.25) is 0 Å². The molecule has 2 unspecified atom stereocenters. The third kappa shape index (κ3) is 2.06. The Morgan fingerprint density at radius 3 is 2.53 bits per heavy atom. The van der Waals surface area contributed by atoms with E-state index in [2.05, 4.69) is 4.90 Å². The molecule has 2 atom stereocenters. The minimum atomic E-state index is -0.783. The number of benzene rings is 1. The Kier molecular flexibility index (Phi) is 2.89. The van der Waals surface area contributed by atoms with Gasteiger partial charge in [0.05, 0.1) is 4.92 Å². The van der Waals surface area contributed by atoms with Crippen molar-refractivity contribution in [1.82, 2.24) is 0 Å². The fourth-order valence-corrected chi connectivity index (χ4v) is 3.44. The minimum absolute atomic E-state index is 0.212. The number of hydrogen-bond acceptors (Lipinski definition) is 4. The molecule has 0 aromatic heterocycles. The predicted octanol–water partition coefficient (Wildman–Crippen LogP) is 2.19. The van der Waals surface area contributed by atoms with Crippen molar-refractivity contribution < 1.29 is 9.31 Å². The first kappa shape index (κ1) is 12.3. The van der Waals surface area contributed by atoms with E-state index in [0.29, 0.717) is 12.1 Å². The highest BCUT2D eigenvalue weighted by Crippen LogP contribution is 2.40. The first-order valence-electron chi connectivity index (χ1n) is 6.54. The van der Waals surface area contributed by atoms with Crippen LogP contribution < -0.4 is 10.6 Å². The summed E-state index contributed by atoms with van der Waals surface area (Å²) in [6.07, 6.45) is 3.93. The van der Waals surface area contributed by atoms with Gasteiger partial charge in [-0.3, -0.25) is 10.1 Å². The maximum absolute atomic E-state index is 13.4. The molecule has 2 bridgehead atoms. The monoisotopic (exact) mass is 265 g/mol. The maximum atomic E-state index is 13.4. The predicted molar refractivity (Wildman–Crippen MR) is 69.6 cm³/mol. The normalized spacial score (nSPS) is 29.6. The molecule has 0 saturated carbocycles. The summed E-state index contributed by atoms with van der Waals surface area (Å²) in [6.45, 7) is 0. The molecule has 1 aromatic carbocycles. The zero-order valence-electron chi connectivity index (χ0n) is 10.5. The Balaban J connectivity index is 1.95. The van der Waals surface area contributed by atoms with Gasteiger partial charge in [-0.15, -0.1) is 0 Å². The second-order valence-electron chi connectivity index (χ2n) is 5.42. The third-order valence-corrected chi connectivity index (χ3v) is 4.19. The van der Waals surface area contributed by atoms with E-state index in [1.807, 2.05) is 0 Å². The summed E-state index contributed by atoms with van der Waals surface area (Å²) < 4.78 is 13.4. The smallest absolute Gasteiger partial charge is 0.306 e. The number of nitro groups is 1. The van der Waals surface area contributed by atoms with Crippen LogP contribution in [0.25, 0.3) is 0 Å². The van der Waals surface area contributed by atoms with Gasteiger partial charge >= 0.3 is 5.69 Å². The molecule has 2 aliphatic heterocycles. The summed E-state index contributed by atoms with van der Waals surface area (Å²) >= 11 is 0. The van der Waals surface area contributed by atoms with Crippen LogP contribution in [-0.2, 0) is 0 Å². The molecule has 0 radical (unpaired) electrons. The summed E-state index contributed by atoms with van der Waals surface area (Å²) in [7, 11) is 0. The van der Waals surface area contributed by atoms with Crippen molar-refractivity contribution in [3.63, 3.8) is 0 Å². The lowest BCUT2D eigenvalue weighted by Crippen LogP contribution is -2.47. The van der Waals surface area contributed by atoms with Crippen LogP contribution in [0.15, 0.2) is 18.2 Å². The number of nitrogens with two attached hydrogens (primary N) is 1. The Morgan fingerprint density at radius 2 is 1.95 bits per heavy atom. The second kappa shape index (κ2) is 4.45. The number of nitrogens with zero attached hydrogens (tertiary/aromatic N) is 2. The fourth-order valence-electron chi connectivity index (χ4n) is 3.44. The van der Waals surface area contributed by atoms with Gasteiger partial charge in [-0.25, -0.2) is 0 Å². The molecule has 6 heteroatoms. The number of anilines is 1. The summed E-state index contributed by atoms with van der Waals surface area (Å²) in [5.41, 5.74) is 6.29. The molecule has 5 nitrogen and oxygen atoms in total. The quantitative estimate of drug-likeness (QED) is 0.657. The average Bonchev–Trinajstić information content (AvgIpc) is 2.63. The van der Waals surface area contributed by atoms with Crippen LogP contribution in [0.5, 0.6) is 0 Å². The summed E-state index contributed by atoms with van der Waals surface area (Å²) in [4.78, 5) is 12.3. The van der Waals surface area contributed by atoms with Crippen LogP contribution in [0, 0.1) is 15.9 Å². The minimum Gasteiger partial charge on any atom is -0.365 e. The largest absolute Gasteiger partial charge is 0.365 e. The highest BCUT2D eigenvalue weighted by Gasteiger charge is 2.40. The molecular weight excluding hydrogens is 249 g/mol. The summed E-state index contributed by atoms with van der Waals surface area (Å²) in [6, 6.07) is 5.03. The van der Waals surface area contributed by atoms with E-state index in [9.17, 15) is 14.5 Å². The van der Waals surface area contributed by atoms with Gasteiger partial charge in [0.2, 0.25) is 5.82 Å². The highest BCUT2D eigenvalue weighted by molar-refractivity contribution is 5.56. The van der Waals surface area contributed by atoms with Gasteiger partial charge in [0.25, 0.3) is 0 Å². The molecule has 0 aliphatic carbocycles. The lowest BCUT2D eigenvalue weighted by Gasteiger charge is -2.39. The molecule has 3 rings (SSSR count). The number of halogens is 1. The van der Waals surface area contributed by atoms with Crippen molar-refractivity contribution in [2.75, 3.05) is 4.90 Å². The van der Waals surface area contributed by atoms with Gasteiger partial charge < -0.3 is 10.6 Å². The number of fused-ring (bicyclic) bond motifs is 2. The molecule has 0 amide bonds. The van der Waals surface area contributed by atoms with Gasteiger partial charge in [-0.05, 0) is 37.8 Å². The van der Waals surface area contributed by atoms with Crippen molar-refractivity contribution in [2.24, 2.45) is 5.73 Å². The molecular formula is C13H16FN3O2. The molecule has 2 aliphatic rings. The van der Waals surface area contributed by atoms with E-state index in [1.165, 1.54) is 12.1 Å². The van der Waals surface area contributed by atoms with Crippen LogP contribution in [0.4, 0.5) is 15.8 Å². The number of piperidine rings is 1. The van der Waals surface area contributed by atoms with Crippen molar-refractivity contribution in [3.8, 4) is 0 Å². The number of rotatable bonds is 2. The standard InChI is InChI=1S/C13H16FN3O2/c14-12-4-3-11(7-13(12)17(18)19)16-9-1-2-10(16)6-8(15)5-9/h3-4,7-10H,1-2,5-6,15H2. The third-order valence-electron chi connectivity index (χ3n) is 4.19. The summed E-state index contributed by atoms with van der Waals surface area (Å²) in [5.74, 6) is -0.783. The van der Waals surface area contributed by atoms with E-state index >= 15 is 0 Å². The summed E-state index contributed by atoms with van der Waals surface area (Å²) in [5, 5.41) is 10.8. The lowest BCUT2D eigenvalue weighted by atomic mass is 9.97. The second-order valence-corrected chi connectivity index (χ2v) is 5.42. The van der Waals surface area contributed by atoms with Crippen LogP contribution in [0.3, 0.4) is 0 Å². The first-order valence-corrected chi connectivity index (χ1v) is 6.54. The van der Waals surface area contributed by atoms with Gasteiger partial charge in [0, 0.05) is 29.9 Å². The van der Waals surface area contributed by atoms with Gasteiger partial charge in [0.1, 0.15) is 0 Å². The van der Waals surface area contributed by atoms with Crippen molar-refractivity contribution in [2.45, 2.75) is 43.8 Å². The van der Waals surface area contributed by atoms with Gasteiger partial charge in [-0.2, -0.15) is 4.39 Å². The fraction of sp³-hybridized carbons (Fsp3) is 0.538. The zero-order chi connectivity index (χ0) is 13.6. The van der Waals surface area contributed by atoms with Crippen molar-refractivity contribution in [3.05, 3.63) is 34.1 Å². The lowest BCUT2D eigenvalue weighted by molar-refractivity contribution is -0.387. The maximum Gasteiger partial charge on any atom is 0.306 e. The molecule has 2 fully saturated rings. The van der Waals surface area contributed by atoms with Crippen LogP contribution in [-0.4, -0.2) is 23.0 Å².